The average Bonchev–Trinajstić information content (AvgIpc) is 2.95. The summed E-state index contributed by atoms with van der Waals surface area (Å²) in [7, 11) is -2.29. The maximum atomic E-state index is 2.63. The van der Waals surface area contributed by atoms with E-state index in [2.05, 4.69) is 77.4 Å². The molecule has 0 aromatic heterocycles. The normalized spacial score (nSPS) is 16.8. The number of rotatable bonds is 4. The quantitative estimate of drug-likeness (QED) is 0.422. The largest absolute Gasteiger partial charge is 1.00 e. The molecule has 0 saturated carbocycles. The van der Waals surface area contributed by atoms with Crippen LogP contribution in [0.1, 0.15) is 26.7 Å². The van der Waals surface area contributed by atoms with Crippen molar-refractivity contribution < 1.29 is 45.8 Å². The van der Waals surface area contributed by atoms with Crippen LogP contribution < -0.4 is 24.8 Å². The minimum absolute atomic E-state index is 0. The van der Waals surface area contributed by atoms with Crippen molar-refractivity contribution in [3.05, 3.63) is 41.4 Å². The second-order valence-corrected chi connectivity index (χ2v) is 30.0. The topological polar surface area (TPSA) is 0 Å². The maximum absolute atomic E-state index is 2.63. The minimum Gasteiger partial charge on any atom is -1.00 e. The van der Waals surface area contributed by atoms with Crippen molar-refractivity contribution in [2.75, 3.05) is 0 Å². The van der Waals surface area contributed by atoms with Gasteiger partial charge in [-0.3, -0.25) is 0 Å². The van der Waals surface area contributed by atoms with Crippen molar-refractivity contribution in [1.82, 2.24) is 0 Å². The summed E-state index contributed by atoms with van der Waals surface area (Å²) in [6, 6.07) is 0. The Hall–Kier alpha value is 0.714. The average molecular weight is 566 g/mol. The molecule has 0 amide bonds. The van der Waals surface area contributed by atoms with Crippen molar-refractivity contribution in [1.29, 1.82) is 0 Å². The van der Waals surface area contributed by atoms with Gasteiger partial charge in [0.2, 0.25) is 0 Å². The number of hydrogen-bond donors (Lipinski definition) is 0. The molecule has 2 aliphatic carbocycles. The predicted molar refractivity (Wildman–Crippen MR) is 105 cm³/mol. The smallest absolute Gasteiger partial charge is 1.00 e. The minimum atomic E-state index is -1.92. The molecule has 0 heterocycles. The molecule has 0 N–H and O–H groups in total. The molecular weight excluding hydrogens is 534 g/mol. The van der Waals surface area contributed by atoms with Gasteiger partial charge in [-0.05, 0) is 0 Å². The van der Waals surface area contributed by atoms with Crippen LogP contribution in [-0.2, 0) is 21.0 Å². The van der Waals surface area contributed by atoms with Crippen LogP contribution >= 0.6 is 0 Å². The molecule has 0 unspecified atom stereocenters. The molecule has 0 fully saturated rings. The molecule has 0 radical (unpaired) electrons. The molecule has 2 rings (SSSR count). The van der Waals surface area contributed by atoms with Gasteiger partial charge in [-0.25, -0.2) is 0 Å². The van der Waals surface area contributed by atoms with Gasteiger partial charge in [-0.1, -0.05) is 0 Å². The number of halogens is 2. The molecular formula is C19H32Cl2HfSi2. The van der Waals surface area contributed by atoms with Crippen molar-refractivity contribution in [2.24, 2.45) is 0 Å². The zero-order valence-electron chi connectivity index (χ0n) is 16.5. The third-order valence-corrected chi connectivity index (χ3v) is 19.5. The maximum Gasteiger partial charge on any atom is -1.00 e. The van der Waals surface area contributed by atoms with Gasteiger partial charge in [0.15, 0.2) is 0 Å². The molecule has 0 aromatic rings. The van der Waals surface area contributed by atoms with E-state index in [9.17, 15) is 0 Å². The molecule has 2 aliphatic rings. The van der Waals surface area contributed by atoms with Crippen molar-refractivity contribution in [3.8, 4) is 0 Å². The molecule has 134 valence electrons. The Bertz CT molecular complexity index is 585. The molecule has 5 heteroatoms. The zero-order chi connectivity index (χ0) is 16.7. The van der Waals surface area contributed by atoms with Gasteiger partial charge >= 0.3 is 148 Å². The second kappa shape index (κ2) is 9.08. The van der Waals surface area contributed by atoms with E-state index in [1.165, 1.54) is 12.8 Å². The molecule has 0 bridgehead atoms. The van der Waals surface area contributed by atoms with Crippen molar-refractivity contribution in [3.63, 3.8) is 0 Å². The Morgan fingerprint density at radius 1 is 0.750 bits per heavy atom. The summed E-state index contributed by atoms with van der Waals surface area (Å²) in [4.78, 5) is 0. The Balaban J connectivity index is 0.00000264. The van der Waals surface area contributed by atoms with E-state index in [0.29, 0.717) is 0 Å². The van der Waals surface area contributed by atoms with Gasteiger partial charge in [0.05, 0.1) is 0 Å². The standard InChI is InChI=1S/2C8H13Si.C3H6.2ClH.Hf/c2*1-9(2,3)8-6-4-5-7-8;1-3-2;;;/h2*6-7H,4H2,1-3H3;1-2H3;2*1H;/q;;;;;+2/p-2. The van der Waals surface area contributed by atoms with Crippen LogP contribution in [0.2, 0.25) is 39.3 Å². The van der Waals surface area contributed by atoms with E-state index in [4.69, 9.17) is 0 Å². The van der Waals surface area contributed by atoms with Crippen LogP contribution in [0.15, 0.2) is 41.4 Å². The fourth-order valence-corrected chi connectivity index (χ4v) is 17.4. The van der Waals surface area contributed by atoms with Crippen LogP contribution in [0.4, 0.5) is 0 Å². The van der Waals surface area contributed by atoms with Crippen LogP contribution in [-0.4, -0.2) is 19.4 Å². The van der Waals surface area contributed by atoms with Gasteiger partial charge in [-0.2, -0.15) is 0 Å². The molecule has 0 atom stereocenters. The molecule has 0 aliphatic heterocycles. The molecule has 0 aromatic carbocycles. The van der Waals surface area contributed by atoms with Crippen LogP contribution in [0.3, 0.4) is 0 Å². The Morgan fingerprint density at radius 2 is 1.08 bits per heavy atom. The van der Waals surface area contributed by atoms with Crippen LogP contribution in [0.25, 0.3) is 0 Å². The number of allylic oxidation sites excluding steroid dienone is 8. The summed E-state index contributed by atoms with van der Waals surface area (Å²) in [5, 5.41) is 3.39. The van der Waals surface area contributed by atoms with Gasteiger partial charge in [0.25, 0.3) is 0 Å². The zero-order valence-corrected chi connectivity index (χ0v) is 23.6. The van der Waals surface area contributed by atoms with E-state index in [1.807, 2.05) is 6.66 Å². The summed E-state index contributed by atoms with van der Waals surface area (Å²) in [5.74, 6) is 0. The Labute approximate surface area is 171 Å². The van der Waals surface area contributed by atoms with E-state index in [-0.39, 0.29) is 24.8 Å². The van der Waals surface area contributed by atoms with Gasteiger partial charge in [0.1, 0.15) is 0 Å². The summed E-state index contributed by atoms with van der Waals surface area (Å²) < 4.78 is 5.45. The van der Waals surface area contributed by atoms with Crippen molar-refractivity contribution >= 4 is 19.4 Å². The molecule has 0 spiro atoms. The summed E-state index contributed by atoms with van der Waals surface area (Å²) in [6.07, 6.45) is 12.9. The fourth-order valence-electron chi connectivity index (χ4n) is 3.29. The first-order valence-electron chi connectivity index (χ1n) is 8.51. The SMILES string of the molecule is C[C](C)=[Hf+2]([C]1=CC([Si](C)(C)C)=CC1)[C]1=CC([Si](C)(C)C)=CC1.[Cl-].[Cl-]. The van der Waals surface area contributed by atoms with E-state index in [1.54, 1.807) is 13.6 Å². The Kier molecular flexibility index (Phi) is 9.35. The van der Waals surface area contributed by atoms with Gasteiger partial charge in [0, 0.05) is 0 Å². The van der Waals surface area contributed by atoms with Gasteiger partial charge < -0.3 is 24.8 Å². The van der Waals surface area contributed by atoms with Crippen molar-refractivity contribution in [2.45, 2.75) is 66.0 Å². The van der Waals surface area contributed by atoms with E-state index >= 15 is 0 Å². The van der Waals surface area contributed by atoms with Crippen LogP contribution in [0.5, 0.6) is 0 Å². The van der Waals surface area contributed by atoms with Crippen LogP contribution in [0, 0.1) is 0 Å². The predicted octanol–water partition coefficient (Wildman–Crippen LogP) is 0.00760. The van der Waals surface area contributed by atoms with E-state index < -0.39 is 37.1 Å². The summed E-state index contributed by atoms with van der Waals surface area (Å²) in [5.41, 5.74) is 0. The third-order valence-electron chi connectivity index (χ3n) is 4.62. The molecule has 0 saturated heterocycles. The monoisotopic (exact) mass is 566 g/mol. The fraction of sp³-hybridized carbons (Fsp3) is 0.526. The second-order valence-electron chi connectivity index (χ2n) is 8.94. The molecule has 24 heavy (non-hydrogen) atoms. The number of hydrogen-bond acceptors (Lipinski definition) is 0. The molecule has 0 nitrogen and oxygen atoms in total. The first kappa shape index (κ1) is 24.7. The third kappa shape index (κ3) is 5.87. The Morgan fingerprint density at radius 3 is 1.29 bits per heavy atom. The first-order chi connectivity index (χ1) is 10.00. The summed E-state index contributed by atoms with van der Waals surface area (Å²) >= 11 is -1.92. The van der Waals surface area contributed by atoms with E-state index in [0.717, 1.165) is 0 Å². The first-order valence-corrected chi connectivity index (χ1v) is 20.9. The van der Waals surface area contributed by atoms with Gasteiger partial charge in [-0.15, -0.1) is 0 Å². The summed E-state index contributed by atoms with van der Waals surface area (Å²) in [6.45, 7) is 19.7.